The molecule has 2 saturated heterocycles. The molecule has 0 spiro atoms. The maximum atomic E-state index is 11.9. The standard InChI is InChI=1S/C25H32N4O2.HI/c1-26-25(28-15-12-23(13-16-28)31-22-9-3-2-4-10-22)27-18-20-7-5-8-21(17-20)19-29-14-6-11-24(29)30;/h2-5,7-10,17,23H,6,11-16,18-19H2,1H3,(H,26,27);1H. The summed E-state index contributed by atoms with van der Waals surface area (Å²) in [6, 6.07) is 18.5. The molecular weight excluding hydrogens is 515 g/mol. The Bertz CT molecular complexity index is 898. The number of piperidine rings is 1. The van der Waals surface area contributed by atoms with Crippen molar-refractivity contribution in [2.45, 2.75) is 44.9 Å². The number of guanidine groups is 1. The summed E-state index contributed by atoms with van der Waals surface area (Å²) in [5.74, 6) is 2.14. The van der Waals surface area contributed by atoms with Crippen LogP contribution in [0.4, 0.5) is 0 Å². The fraction of sp³-hybridized carbons (Fsp3) is 0.440. The normalized spacial score (nSPS) is 17.3. The number of carbonyl (C=O) groups excluding carboxylic acids is 1. The fourth-order valence-electron chi connectivity index (χ4n) is 4.32. The van der Waals surface area contributed by atoms with Gasteiger partial charge in [0, 0.05) is 59.0 Å². The molecule has 0 atom stereocenters. The summed E-state index contributed by atoms with van der Waals surface area (Å²) in [7, 11) is 1.84. The second-order valence-corrected chi connectivity index (χ2v) is 8.26. The first-order valence-corrected chi connectivity index (χ1v) is 11.2. The first-order chi connectivity index (χ1) is 15.2. The van der Waals surface area contributed by atoms with Crippen LogP contribution >= 0.6 is 24.0 Å². The number of carbonyl (C=O) groups is 1. The van der Waals surface area contributed by atoms with Gasteiger partial charge in [-0.3, -0.25) is 9.79 Å². The van der Waals surface area contributed by atoms with Crippen LogP contribution < -0.4 is 10.1 Å². The lowest BCUT2D eigenvalue weighted by Gasteiger charge is -2.34. The molecule has 2 aliphatic heterocycles. The molecule has 32 heavy (non-hydrogen) atoms. The number of hydrogen-bond donors (Lipinski definition) is 1. The van der Waals surface area contributed by atoms with Crippen LogP contribution in [0.15, 0.2) is 59.6 Å². The molecule has 2 aliphatic rings. The average Bonchev–Trinajstić information content (AvgIpc) is 3.20. The summed E-state index contributed by atoms with van der Waals surface area (Å²) >= 11 is 0. The molecule has 2 aromatic rings. The minimum atomic E-state index is 0. The quantitative estimate of drug-likeness (QED) is 0.337. The predicted molar refractivity (Wildman–Crippen MR) is 138 cm³/mol. The van der Waals surface area contributed by atoms with Crippen molar-refractivity contribution >= 4 is 35.8 Å². The Hall–Kier alpha value is -2.29. The highest BCUT2D eigenvalue weighted by Crippen LogP contribution is 2.19. The molecule has 2 aromatic carbocycles. The van der Waals surface area contributed by atoms with Crippen LogP contribution in [0.3, 0.4) is 0 Å². The van der Waals surface area contributed by atoms with E-state index in [-0.39, 0.29) is 36.0 Å². The molecule has 0 unspecified atom stereocenters. The summed E-state index contributed by atoms with van der Waals surface area (Å²) in [5, 5.41) is 3.50. The predicted octanol–water partition coefficient (Wildman–Crippen LogP) is 4.05. The van der Waals surface area contributed by atoms with E-state index in [9.17, 15) is 4.79 Å². The van der Waals surface area contributed by atoms with Gasteiger partial charge in [0.05, 0.1) is 0 Å². The second kappa shape index (κ2) is 12.1. The van der Waals surface area contributed by atoms with Crippen molar-refractivity contribution in [2.75, 3.05) is 26.7 Å². The number of aliphatic imine (C=N–C) groups is 1. The zero-order valence-corrected chi connectivity index (χ0v) is 21.0. The average molecular weight is 548 g/mol. The van der Waals surface area contributed by atoms with Crippen molar-refractivity contribution < 1.29 is 9.53 Å². The first-order valence-electron chi connectivity index (χ1n) is 11.2. The highest BCUT2D eigenvalue weighted by atomic mass is 127. The Kier molecular flexibility index (Phi) is 9.20. The summed E-state index contributed by atoms with van der Waals surface area (Å²) in [6.45, 7) is 4.14. The Morgan fingerprint density at radius 1 is 1.06 bits per heavy atom. The number of halogens is 1. The lowest BCUT2D eigenvalue weighted by molar-refractivity contribution is -0.128. The number of hydrogen-bond acceptors (Lipinski definition) is 3. The molecule has 0 radical (unpaired) electrons. The van der Waals surface area contributed by atoms with Gasteiger partial charge in [0.15, 0.2) is 5.96 Å². The fourth-order valence-corrected chi connectivity index (χ4v) is 4.32. The van der Waals surface area contributed by atoms with E-state index in [2.05, 4.69) is 39.5 Å². The van der Waals surface area contributed by atoms with Gasteiger partial charge in [-0.1, -0.05) is 42.5 Å². The minimum Gasteiger partial charge on any atom is -0.490 e. The van der Waals surface area contributed by atoms with E-state index < -0.39 is 0 Å². The van der Waals surface area contributed by atoms with Crippen molar-refractivity contribution in [3.05, 3.63) is 65.7 Å². The Labute approximate surface area is 208 Å². The Morgan fingerprint density at radius 3 is 2.50 bits per heavy atom. The van der Waals surface area contributed by atoms with Crippen LogP contribution in [-0.2, 0) is 17.9 Å². The number of nitrogens with zero attached hydrogens (tertiary/aromatic N) is 3. The molecule has 0 saturated carbocycles. The van der Waals surface area contributed by atoms with Gasteiger partial charge in [0.25, 0.3) is 0 Å². The molecule has 0 bridgehead atoms. The molecule has 2 heterocycles. The maximum Gasteiger partial charge on any atom is 0.222 e. The SMILES string of the molecule is CN=C(NCc1cccc(CN2CCCC2=O)c1)N1CCC(Oc2ccccc2)CC1.I. The van der Waals surface area contributed by atoms with Gasteiger partial charge in [0.2, 0.25) is 5.91 Å². The summed E-state index contributed by atoms with van der Waals surface area (Å²) in [5.41, 5.74) is 2.39. The number of benzene rings is 2. The number of ether oxygens (including phenoxy) is 1. The van der Waals surface area contributed by atoms with Crippen molar-refractivity contribution in [3.8, 4) is 5.75 Å². The molecule has 172 valence electrons. The van der Waals surface area contributed by atoms with E-state index in [0.29, 0.717) is 13.0 Å². The van der Waals surface area contributed by atoms with Gasteiger partial charge in [-0.25, -0.2) is 0 Å². The van der Waals surface area contributed by atoms with Crippen LogP contribution in [-0.4, -0.2) is 54.5 Å². The molecule has 1 N–H and O–H groups in total. The minimum absolute atomic E-state index is 0. The topological polar surface area (TPSA) is 57.2 Å². The number of nitrogens with one attached hydrogen (secondary N) is 1. The van der Waals surface area contributed by atoms with Crippen LogP contribution in [0.5, 0.6) is 5.75 Å². The maximum absolute atomic E-state index is 11.9. The van der Waals surface area contributed by atoms with Crippen LogP contribution in [0.1, 0.15) is 36.8 Å². The number of likely N-dealkylation sites (tertiary alicyclic amines) is 2. The van der Waals surface area contributed by atoms with E-state index in [4.69, 9.17) is 4.74 Å². The highest BCUT2D eigenvalue weighted by molar-refractivity contribution is 14.0. The van der Waals surface area contributed by atoms with Crippen molar-refractivity contribution in [1.82, 2.24) is 15.1 Å². The summed E-state index contributed by atoms with van der Waals surface area (Å²) in [4.78, 5) is 20.6. The molecule has 0 aliphatic carbocycles. The van der Waals surface area contributed by atoms with Crippen molar-refractivity contribution in [3.63, 3.8) is 0 Å². The van der Waals surface area contributed by atoms with Gasteiger partial charge in [-0.15, -0.1) is 24.0 Å². The molecule has 1 amide bonds. The van der Waals surface area contributed by atoms with Crippen molar-refractivity contribution in [2.24, 2.45) is 4.99 Å². The smallest absolute Gasteiger partial charge is 0.222 e. The van der Waals surface area contributed by atoms with Gasteiger partial charge in [-0.05, 0) is 29.7 Å². The van der Waals surface area contributed by atoms with E-state index in [1.807, 2.05) is 42.3 Å². The third kappa shape index (κ3) is 6.60. The zero-order chi connectivity index (χ0) is 21.5. The van der Waals surface area contributed by atoms with E-state index in [1.165, 1.54) is 11.1 Å². The van der Waals surface area contributed by atoms with Gasteiger partial charge in [0.1, 0.15) is 11.9 Å². The van der Waals surface area contributed by atoms with Crippen LogP contribution in [0.2, 0.25) is 0 Å². The van der Waals surface area contributed by atoms with Gasteiger partial charge in [-0.2, -0.15) is 0 Å². The third-order valence-corrected chi connectivity index (χ3v) is 5.99. The number of amides is 1. The molecule has 0 aromatic heterocycles. The lowest BCUT2D eigenvalue weighted by atomic mass is 10.1. The molecule has 2 fully saturated rings. The van der Waals surface area contributed by atoms with E-state index in [0.717, 1.165) is 57.2 Å². The molecule has 7 heteroatoms. The summed E-state index contributed by atoms with van der Waals surface area (Å²) in [6.07, 6.45) is 3.87. The monoisotopic (exact) mass is 548 g/mol. The highest BCUT2D eigenvalue weighted by Gasteiger charge is 2.23. The van der Waals surface area contributed by atoms with Gasteiger partial charge < -0.3 is 19.9 Å². The molecule has 6 nitrogen and oxygen atoms in total. The first kappa shape index (κ1) is 24.4. The molecular formula is C25H33IN4O2. The second-order valence-electron chi connectivity index (χ2n) is 8.26. The Balaban J connectivity index is 0.00000289. The van der Waals surface area contributed by atoms with Gasteiger partial charge >= 0.3 is 0 Å². The van der Waals surface area contributed by atoms with E-state index >= 15 is 0 Å². The van der Waals surface area contributed by atoms with Crippen LogP contribution in [0.25, 0.3) is 0 Å². The van der Waals surface area contributed by atoms with E-state index in [1.54, 1.807) is 0 Å². The number of rotatable bonds is 6. The summed E-state index contributed by atoms with van der Waals surface area (Å²) < 4.78 is 6.11. The largest absolute Gasteiger partial charge is 0.490 e. The van der Waals surface area contributed by atoms with Crippen molar-refractivity contribution in [1.29, 1.82) is 0 Å². The zero-order valence-electron chi connectivity index (χ0n) is 18.7. The number of para-hydroxylation sites is 1. The lowest BCUT2D eigenvalue weighted by Crippen LogP contribution is -2.47. The Morgan fingerprint density at radius 2 is 1.81 bits per heavy atom. The third-order valence-electron chi connectivity index (χ3n) is 5.99. The van der Waals surface area contributed by atoms with Crippen LogP contribution in [0, 0.1) is 0 Å². The molecule has 4 rings (SSSR count).